The molecule has 3 N–H and O–H groups in total. The molecule has 1 aromatic heterocycles. The number of carbonyl (C=O) groups excluding carboxylic acids is 2. The molecule has 0 fully saturated rings. The van der Waals surface area contributed by atoms with Crippen molar-refractivity contribution in [3.05, 3.63) is 17.7 Å². The molecule has 1 aliphatic rings. The molecule has 1 unspecified atom stereocenters. The lowest BCUT2D eigenvalue weighted by Crippen LogP contribution is -2.37. The zero-order valence-electron chi connectivity index (χ0n) is 15.1. The number of methoxy groups -OCH3 is 2. The number of nitrogens with zero attached hydrogens (tertiary/aromatic N) is 2. The van der Waals surface area contributed by atoms with Crippen molar-refractivity contribution in [3.8, 4) is 0 Å². The van der Waals surface area contributed by atoms with Gasteiger partial charge in [0.15, 0.2) is 0 Å². The van der Waals surface area contributed by atoms with Crippen LogP contribution in [0.25, 0.3) is 0 Å². The van der Waals surface area contributed by atoms with Crippen molar-refractivity contribution in [1.29, 1.82) is 0 Å². The van der Waals surface area contributed by atoms with Crippen LogP contribution in [-0.4, -0.2) is 73.5 Å². The summed E-state index contributed by atoms with van der Waals surface area (Å²) in [5.41, 5.74) is 1.33. The minimum atomic E-state index is -0.250. The first-order chi connectivity index (χ1) is 12.6. The molecule has 1 aliphatic heterocycles. The first-order valence-corrected chi connectivity index (χ1v) is 8.24. The van der Waals surface area contributed by atoms with Crippen LogP contribution in [0.5, 0.6) is 0 Å². The van der Waals surface area contributed by atoms with Crippen molar-refractivity contribution in [2.75, 3.05) is 40.5 Å². The summed E-state index contributed by atoms with van der Waals surface area (Å²) in [6.07, 6.45) is 3.01. The number of carboxylic acid groups (broad SMARTS) is 1. The summed E-state index contributed by atoms with van der Waals surface area (Å²) < 4.78 is 11.7. The first-order valence-electron chi connectivity index (χ1n) is 8.24. The molecule has 2 heterocycles. The molecule has 0 aliphatic carbocycles. The fourth-order valence-corrected chi connectivity index (χ4v) is 2.64. The number of hydrogen-bond acceptors (Lipinski definition) is 6. The molecule has 10 heteroatoms. The average Bonchev–Trinajstić information content (AvgIpc) is 3.06. The number of aromatic nitrogens is 2. The Morgan fingerprint density at radius 1 is 1.31 bits per heavy atom. The summed E-state index contributed by atoms with van der Waals surface area (Å²) in [5, 5.41) is 12.5. The largest absolute Gasteiger partial charge is 0.483 e. The Morgan fingerprint density at radius 2 is 1.92 bits per heavy atom. The second-order valence-electron chi connectivity index (χ2n) is 5.57. The van der Waals surface area contributed by atoms with Gasteiger partial charge in [0.05, 0.1) is 31.2 Å². The van der Waals surface area contributed by atoms with E-state index in [1.807, 2.05) is 4.57 Å². The highest BCUT2D eigenvalue weighted by Crippen LogP contribution is 2.22. The van der Waals surface area contributed by atoms with E-state index in [4.69, 9.17) is 19.4 Å². The minimum Gasteiger partial charge on any atom is -0.483 e. The van der Waals surface area contributed by atoms with E-state index in [-0.39, 0.29) is 24.2 Å². The van der Waals surface area contributed by atoms with E-state index in [0.29, 0.717) is 51.4 Å². The van der Waals surface area contributed by atoms with Crippen molar-refractivity contribution >= 4 is 18.3 Å². The molecular weight excluding hydrogens is 344 g/mol. The molecule has 0 radical (unpaired) electrons. The van der Waals surface area contributed by atoms with Crippen LogP contribution >= 0.6 is 0 Å². The number of hydrogen-bond donors (Lipinski definition) is 3. The molecule has 10 nitrogen and oxygen atoms in total. The third-order valence-corrected chi connectivity index (χ3v) is 3.88. The van der Waals surface area contributed by atoms with Gasteiger partial charge in [-0.2, -0.15) is 0 Å². The number of amides is 2. The molecule has 2 amide bonds. The lowest BCUT2D eigenvalue weighted by Gasteiger charge is -2.23. The van der Waals surface area contributed by atoms with E-state index in [9.17, 15) is 9.59 Å². The second-order valence-corrected chi connectivity index (χ2v) is 5.57. The number of carbonyl (C=O) groups is 3. The zero-order chi connectivity index (χ0) is 19.4. The predicted molar refractivity (Wildman–Crippen MR) is 91.8 cm³/mol. The van der Waals surface area contributed by atoms with Crippen LogP contribution in [0.1, 0.15) is 22.6 Å². The van der Waals surface area contributed by atoms with E-state index in [0.717, 1.165) is 5.69 Å². The molecule has 0 saturated heterocycles. The highest BCUT2D eigenvalue weighted by atomic mass is 16.5. The lowest BCUT2D eigenvalue weighted by molar-refractivity contribution is -0.126. The molecule has 1 aromatic rings. The van der Waals surface area contributed by atoms with E-state index < -0.39 is 0 Å². The maximum Gasteiger partial charge on any atom is 0.290 e. The van der Waals surface area contributed by atoms with Gasteiger partial charge < -0.3 is 29.8 Å². The topological polar surface area (TPSA) is 132 Å². The van der Waals surface area contributed by atoms with Gasteiger partial charge in [-0.25, -0.2) is 4.98 Å². The van der Waals surface area contributed by atoms with Crippen LogP contribution < -0.4 is 10.6 Å². The molecule has 2 rings (SSSR count). The molecule has 0 saturated carbocycles. The van der Waals surface area contributed by atoms with E-state index in [1.165, 1.54) is 0 Å². The van der Waals surface area contributed by atoms with Gasteiger partial charge in [-0.3, -0.25) is 14.4 Å². The van der Waals surface area contributed by atoms with Crippen LogP contribution in [0.15, 0.2) is 6.33 Å². The van der Waals surface area contributed by atoms with Gasteiger partial charge in [0.1, 0.15) is 5.69 Å². The van der Waals surface area contributed by atoms with Crippen LogP contribution in [0.3, 0.4) is 0 Å². The van der Waals surface area contributed by atoms with Crippen molar-refractivity contribution in [3.63, 3.8) is 0 Å². The first kappa shape index (κ1) is 21.6. The zero-order valence-corrected chi connectivity index (χ0v) is 15.1. The van der Waals surface area contributed by atoms with E-state index in [2.05, 4.69) is 15.6 Å². The molecule has 0 spiro atoms. The SMILES string of the molecule is COCCNC(=O)c1ncn2c1CCC(C(=O)NCCOC)C2.O=CO. The number of rotatable bonds is 8. The Labute approximate surface area is 151 Å². The maximum absolute atomic E-state index is 12.1. The minimum absolute atomic E-state index is 0.0208. The van der Waals surface area contributed by atoms with Crippen molar-refractivity contribution < 1.29 is 29.0 Å². The van der Waals surface area contributed by atoms with Crippen LogP contribution in [0.4, 0.5) is 0 Å². The Balaban J connectivity index is 0.00000105. The summed E-state index contributed by atoms with van der Waals surface area (Å²) in [6.45, 7) is 2.22. The summed E-state index contributed by atoms with van der Waals surface area (Å²) >= 11 is 0. The summed E-state index contributed by atoms with van der Waals surface area (Å²) in [6, 6.07) is 0. The quantitative estimate of drug-likeness (QED) is 0.407. The standard InChI is InChI=1S/C15H24N4O4.CH2O2/c1-22-7-5-16-14(20)11-3-4-12-13(18-10-19(12)9-11)15(21)17-6-8-23-2;2-1-3/h10-11H,3-9H2,1-2H3,(H,16,20)(H,17,21);1H,(H,2,3). The molecule has 26 heavy (non-hydrogen) atoms. The lowest BCUT2D eigenvalue weighted by atomic mass is 9.96. The normalized spacial score (nSPS) is 15.2. The Morgan fingerprint density at radius 3 is 2.54 bits per heavy atom. The van der Waals surface area contributed by atoms with Crippen LogP contribution in [0, 0.1) is 5.92 Å². The Hall–Kier alpha value is -2.46. The van der Waals surface area contributed by atoms with Crippen molar-refractivity contribution in [1.82, 2.24) is 20.2 Å². The smallest absolute Gasteiger partial charge is 0.290 e. The van der Waals surface area contributed by atoms with Gasteiger partial charge in [0, 0.05) is 33.9 Å². The fraction of sp³-hybridized carbons (Fsp3) is 0.625. The fourth-order valence-electron chi connectivity index (χ4n) is 2.64. The summed E-state index contributed by atoms with van der Waals surface area (Å²) in [4.78, 5) is 36.8. The maximum atomic E-state index is 12.1. The van der Waals surface area contributed by atoms with E-state index in [1.54, 1.807) is 20.5 Å². The average molecular weight is 370 g/mol. The van der Waals surface area contributed by atoms with Gasteiger partial charge in [-0.1, -0.05) is 0 Å². The summed E-state index contributed by atoms with van der Waals surface area (Å²) in [5.74, 6) is -0.274. The third-order valence-electron chi connectivity index (χ3n) is 3.88. The number of ether oxygens (including phenoxy) is 2. The number of fused-ring (bicyclic) bond motifs is 1. The summed E-state index contributed by atoms with van der Waals surface area (Å²) in [7, 11) is 3.19. The number of nitrogens with one attached hydrogen (secondary N) is 2. The van der Waals surface area contributed by atoms with Crippen molar-refractivity contribution in [2.24, 2.45) is 5.92 Å². The predicted octanol–water partition coefficient (Wildman–Crippen LogP) is -0.715. The van der Waals surface area contributed by atoms with Gasteiger partial charge >= 0.3 is 0 Å². The van der Waals surface area contributed by atoms with Gasteiger partial charge in [0.25, 0.3) is 12.4 Å². The molecular formula is C16H26N4O6. The molecule has 0 bridgehead atoms. The Kier molecular flexibility index (Phi) is 9.95. The van der Waals surface area contributed by atoms with E-state index >= 15 is 0 Å². The Bertz CT molecular complexity index is 589. The number of imidazole rings is 1. The third kappa shape index (κ3) is 6.45. The highest BCUT2D eigenvalue weighted by Gasteiger charge is 2.28. The van der Waals surface area contributed by atoms with Gasteiger partial charge in [-0.15, -0.1) is 0 Å². The van der Waals surface area contributed by atoms with Crippen molar-refractivity contribution in [2.45, 2.75) is 19.4 Å². The highest BCUT2D eigenvalue weighted by molar-refractivity contribution is 5.93. The molecule has 0 aromatic carbocycles. The van der Waals surface area contributed by atoms with Gasteiger partial charge in [0.2, 0.25) is 5.91 Å². The molecule has 146 valence electrons. The van der Waals surface area contributed by atoms with Gasteiger partial charge in [-0.05, 0) is 12.8 Å². The molecule has 1 atom stereocenters. The second kappa shape index (κ2) is 12.0. The van der Waals surface area contributed by atoms with Crippen LogP contribution in [0.2, 0.25) is 0 Å². The van der Waals surface area contributed by atoms with Crippen LogP contribution in [-0.2, 0) is 32.0 Å². The monoisotopic (exact) mass is 370 g/mol.